The largest absolute Gasteiger partial charge is 0.354 e. The highest BCUT2D eigenvalue weighted by Crippen LogP contribution is 2.32. The van der Waals surface area contributed by atoms with E-state index in [0.29, 0.717) is 0 Å². The molecule has 0 spiro atoms. The summed E-state index contributed by atoms with van der Waals surface area (Å²) in [5, 5.41) is 4.63. The van der Waals surface area contributed by atoms with Crippen molar-refractivity contribution in [3.8, 4) is 22.4 Å². The number of aromatic nitrogens is 3. The minimum absolute atomic E-state index is 1.01. The molecule has 5 nitrogen and oxygen atoms in total. The van der Waals surface area contributed by atoms with Gasteiger partial charge in [0.2, 0.25) is 0 Å². The first-order valence-electron chi connectivity index (χ1n) is 10.2. The van der Waals surface area contributed by atoms with Gasteiger partial charge in [-0.05, 0) is 54.8 Å². The zero-order valence-electron chi connectivity index (χ0n) is 16.9. The molecular weight excluding hydrogens is 358 g/mol. The number of nitrogens with zero attached hydrogens (tertiary/aromatic N) is 3. The van der Waals surface area contributed by atoms with Crippen LogP contribution in [-0.2, 0) is 0 Å². The fraction of sp³-hybridized carbons (Fsp3) is 0.250. The lowest BCUT2D eigenvalue weighted by Crippen LogP contribution is -2.43. The van der Waals surface area contributed by atoms with Gasteiger partial charge in [-0.15, -0.1) is 0 Å². The first-order valence-corrected chi connectivity index (χ1v) is 10.2. The zero-order valence-corrected chi connectivity index (χ0v) is 16.9. The molecule has 0 aliphatic carbocycles. The Morgan fingerprint density at radius 1 is 0.862 bits per heavy atom. The number of hydrogen-bond acceptors (Lipinski definition) is 4. The van der Waals surface area contributed by atoms with Gasteiger partial charge in [0, 0.05) is 66.8 Å². The lowest BCUT2D eigenvalue weighted by molar-refractivity contribution is 0.585. The smallest absolute Gasteiger partial charge is 0.128 e. The molecule has 3 aromatic heterocycles. The zero-order chi connectivity index (χ0) is 19.8. The quantitative estimate of drug-likeness (QED) is 0.553. The lowest BCUT2D eigenvalue weighted by atomic mass is 10.0. The molecule has 5 heteroatoms. The van der Waals surface area contributed by atoms with Gasteiger partial charge in [-0.3, -0.25) is 4.98 Å². The molecular formula is C24H25N5. The van der Waals surface area contributed by atoms with E-state index < -0.39 is 0 Å². The predicted molar refractivity (Wildman–Crippen MR) is 119 cm³/mol. The fourth-order valence-corrected chi connectivity index (χ4v) is 4.14. The van der Waals surface area contributed by atoms with E-state index in [2.05, 4.69) is 70.4 Å². The molecule has 0 atom stereocenters. The molecule has 1 saturated heterocycles. The number of H-pyrrole nitrogens is 1. The lowest BCUT2D eigenvalue weighted by Gasteiger charge is -2.28. The SMILES string of the molecule is Cc1cncc(-c2[nH]c3cc(-c4ccc(N5CCNCC5)nc4)ccc3c2C)c1. The molecule has 0 unspecified atom stereocenters. The molecule has 146 valence electrons. The van der Waals surface area contributed by atoms with Crippen molar-refractivity contribution in [2.45, 2.75) is 13.8 Å². The highest BCUT2D eigenvalue weighted by atomic mass is 15.2. The van der Waals surface area contributed by atoms with Gasteiger partial charge in [0.25, 0.3) is 0 Å². The number of pyridine rings is 2. The van der Waals surface area contributed by atoms with Crippen molar-refractivity contribution in [1.29, 1.82) is 0 Å². The van der Waals surface area contributed by atoms with Crippen LogP contribution in [0.5, 0.6) is 0 Å². The Kier molecular flexibility index (Phi) is 4.52. The summed E-state index contributed by atoms with van der Waals surface area (Å²) in [6, 6.07) is 13.1. The maximum atomic E-state index is 4.72. The van der Waals surface area contributed by atoms with Gasteiger partial charge in [0.05, 0.1) is 5.69 Å². The molecule has 0 amide bonds. The van der Waals surface area contributed by atoms with Crippen LogP contribution in [0.4, 0.5) is 5.82 Å². The summed E-state index contributed by atoms with van der Waals surface area (Å²) >= 11 is 0. The summed E-state index contributed by atoms with van der Waals surface area (Å²) in [6.07, 6.45) is 5.79. The minimum atomic E-state index is 1.01. The summed E-state index contributed by atoms with van der Waals surface area (Å²) in [7, 11) is 0. The van der Waals surface area contributed by atoms with Crippen LogP contribution in [0.1, 0.15) is 11.1 Å². The Morgan fingerprint density at radius 3 is 2.45 bits per heavy atom. The highest BCUT2D eigenvalue weighted by molar-refractivity contribution is 5.93. The van der Waals surface area contributed by atoms with Crippen molar-refractivity contribution in [1.82, 2.24) is 20.3 Å². The van der Waals surface area contributed by atoms with Gasteiger partial charge in [-0.25, -0.2) is 4.98 Å². The summed E-state index contributed by atoms with van der Waals surface area (Å²) in [6.45, 7) is 8.30. The van der Waals surface area contributed by atoms with Crippen LogP contribution in [0.3, 0.4) is 0 Å². The van der Waals surface area contributed by atoms with Crippen molar-refractivity contribution >= 4 is 16.7 Å². The third-order valence-corrected chi connectivity index (χ3v) is 5.74. The molecule has 4 heterocycles. The molecule has 1 aliphatic rings. The van der Waals surface area contributed by atoms with E-state index in [4.69, 9.17) is 4.98 Å². The van der Waals surface area contributed by atoms with Crippen LogP contribution < -0.4 is 10.2 Å². The van der Waals surface area contributed by atoms with E-state index in [1.807, 2.05) is 18.6 Å². The van der Waals surface area contributed by atoms with Crippen LogP contribution >= 0.6 is 0 Å². The first-order chi connectivity index (χ1) is 14.2. The van der Waals surface area contributed by atoms with Crippen molar-refractivity contribution in [3.05, 3.63) is 66.1 Å². The third kappa shape index (κ3) is 3.38. The van der Waals surface area contributed by atoms with Gasteiger partial charge < -0.3 is 15.2 Å². The van der Waals surface area contributed by atoms with Crippen molar-refractivity contribution in [2.75, 3.05) is 31.1 Å². The second kappa shape index (κ2) is 7.33. The molecule has 1 fully saturated rings. The van der Waals surface area contributed by atoms with Gasteiger partial charge in [-0.2, -0.15) is 0 Å². The number of rotatable bonds is 3. The average molecular weight is 383 g/mol. The second-order valence-electron chi connectivity index (χ2n) is 7.78. The molecule has 29 heavy (non-hydrogen) atoms. The molecule has 0 radical (unpaired) electrons. The monoisotopic (exact) mass is 383 g/mol. The minimum Gasteiger partial charge on any atom is -0.354 e. The Hall–Kier alpha value is -3.18. The van der Waals surface area contributed by atoms with E-state index in [1.165, 1.54) is 16.5 Å². The standard InChI is InChI=1S/C24H25N5/c1-16-11-20(14-26-13-16)24-17(2)21-5-3-18(12-22(21)28-24)19-4-6-23(27-15-19)29-9-7-25-8-10-29/h3-6,11-15,25,28H,7-10H2,1-2H3. The summed E-state index contributed by atoms with van der Waals surface area (Å²) < 4.78 is 0. The molecule has 1 aliphatic heterocycles. The third-order valence-electron chi connectivity index (χ3n) is 5.74. The average Bonchev–Trinajstić information content (AvgIpc) is 3.10. The summed E-state index contributed by atoms with van der Waals surface area (Å²) in [4.78, 5) is 15.0. The summed E-state index contributed by atoms with van der Waals surface area (Å²) in [5.74, 6) is 1.06. The van der Waals surface area contributed by atoms with Crippen LogP contribution in [0.15, 0.2) is 55.0 Å². The van der Waals surface area contributed by atoms with Gasteiger partial charge >= 0.3 is 0 Å². The maximum Gasteiger partial charge on any atom is 0.128 e. The number of anilines is 1. The normalized spacial score (nSPS) is 14.5. The van der Waals surface area contributed by atoms with E-state index in [0.717, 1.165) is 59.9 Å². The number of aryl methyl sites for hydroxylation is 2. The number of hydrogen-bond donors (Lipinski definition) is 2. The predicted octanol–water partition coefficient (Wildman–Crippen LogP) is 4.32. The number of piperazine rings is 1. The number of benzene rings is 1. The Bertz CT molecular complexity index is 1150. The van der Waals surface area contributed by atoms with Gasteiger partial charge in [0.15, 0.2) is 0 Å². The Labute approximate surface area is 170 Å². The molecule has 0 saturated carbocycles. The van der Waals surface area contributed by atoms with Crippen LogP contribution in [0.25, 0.3) is 33.3 Å². The maximum absolute atomic E-state index is 4.72. The molecule has 5 rings (SSSR count). The van der Waals surface area contributed by atoms with E-state index in [9.17, 15) is 0 Å². The van der Waals surface area contributed by atoms with E-state index >= 15 is 0 Å². The van der Waals surface area contributed by atoms with Crippen molar-refractivity contribution in [2.24, 2.45) is 0 Å². The number of aromatic amines is 1. The van der Waals surface area contributed by atoms with Gasteiger partial charge in [-0.1, -0.05) is 12.1 Å². The van der Waals surface area contributed by atoms with Crippen LogP contribution in [-0.4, -0.2) is 41.1 Å². The van der Waals surface area contributed by atoms with Crippen molar-refractivity contribution < 1.29 is 0 Å². The number of nitrogens with one attached hydrogen (secondary N) is 2. The molecule has 1 aromatic carbocycles. The van der Waals surface area contributed by atoms with E-state index in [1.54, 1.807) is 0 Å². The topological polar surface area (TPSA) is 56.8 Å². The van der Waals surface area contributed by atoms with Gasteiger partial charge in [0.1, 0.15) is 5.82 Å². The Morgan fingerprint density at radius 2 is 1.69 bits per heavy atom. The van der Waals surface area contributed by atoms with Crippen molar-refractivity contribution in [3.63, 3.8) is 0 Å². The molecule has 4 aromatic rings. The van der Waals surface area contributed by atoms with Crippen LogP contribution in [0.2, 0.25) is 0 Å². The summed E-state index contributed by atoms with van der Waals surface area (Å²) in [5.41, 5.74) is 8.14. The fourth-order valence-electron chi connectivity index (χ4n) is 4.14. The second-order valence-corrected chi connectivity index (χ2v) is 7.78. The van der Waals surface area contributed by atoms with Crippen LogP contribution in [0, 0.1) is 13.8 Å². The molecule has 2 N–H and O–H groups in total. The Balaban J connectivity index is 1.48. The molecule has 0 bridgehead atoms. The highest BCUT2D eigenvalue weighted by Gasteiger charge is 2.13. The number of fused-ring (bicyclic) bond motifs is 1. The first kappa shape index (κ1) is 17.9. The van der Waals surface area contributed by atoms with E-state index in [-0.39, 0.29) is 0 Å².